The lowest BCUT2D eigenvalue weighted by Crippen LogP contribution is -2.27. The van der Waals surface area contributed by atoms with E-state index in [1.54, 1.807) is 6.07 Å². The minimum absolute atomic E-state index is 0.130. The SMILES string of the molecule is Nc1cccc(S(=O)CC2CCC3(CCCC3)O2)c1. The molecule has 104 valence electrons. The zero-order valence-electron chi connectivity index (χ0n) is 11.1. The normalized spacial score (nSPS) is 26.8. The van der Waals surface area contributed by atoms with Gasteiger partial charge in [0.2, 0.25) is 0 Å². The van der Waals surface area contributed by atoms with Crippen LogP contribution in [0.15, 0.2) is 29.2 Å². The Balaban J connectivity index is 1.62. The highest BCUT2D eigenvalue weighted by Crippen LogP contribution is 2.43. The van der Waals surface area contributed by atoms with E-state index < -0.39 is 10.8 Å². The van der Waals surface area contributed by atoms with Crippen molar-refractivity contribution < 1.29 is 8.95 Å². The molecule has 1 aliphatic heterocycles. The summed E-state index contributed by atoms with van der Waals surface area (Å²) in [7, 11) is -1.01. The lowest BCUT2D eigenvalue weighted by atomic mass is 9.98. The van der Waals surface area contributed by atoms with E-state index in [9.17, 15) is 4.21 Å². The minimum atomic E-state index is -1.01. The molecule has 0 bridgehead atoms. The molecule has 1 spiro atoms. The van der Waals surface area contributed by atoms with Crippen molar-refractivity contribution in [1.82, 2.24) is 0 Å². The van der Waals surface area contributed by atoms with Gasteiger partial charge in [0.15, 0.2) is 0 Å². The number of hydrogen-bond acceptors (Lipinski definition) is 3. The molecular formula is C15H21NO2S. The molecule has 4 heteroatoms. The molecule has 2 unspecified atom stereocenters. The molecule has 2 fully saturated rings. The summed E-state index contributed by atoms with van der Waals surface area (Å²) in [6, 6.07) is 7.36. The molecule has 2 atom stereocenters. The van der Waals surface area contributed by atoms with Gasteiger partial charge in [-0.25, -0.2) is 0 Å². The Hall–Kier alpha value is -0.870. The molecule has 0 aromatic heterocycles. The standard InChI is InChI=1S/C15H21NO2S/c16-12-4-3-5-14(10-12)19(17)11-13-6-9-15(18-13)7-1-2-8-15/h3-5,10,13H,1-2,6-9,11,16H2. The van der Waals surface area contributed by atoms with Crippen LogP contribution in [0.25, 0.3) is 0 Å². The molecule has 1 saturated carbocycles. The van der Waals surface area contributed by atoms with Crippen molar-refractivity contribution >= 4 is 16.5 Å². The van der Waals surface area contributed by atoms with Gasteiger partial charge in [-0.2, -0.15) is 0 Å². The lowest BCUT2D eigenvalue weighted by Gasteiger charge is -2.23. The van der Waals surface area contributed by atoms with E-state index in [2.05, 4.69) is 0 Å². The topological polar surface area (TPSA) is 52.3 Å². The van der Waals surface area contributed by atoms with Crippen molar-refractivity contribution in [2.75, 3.05) is 11.5 Å². The molecule has 1 heterocycles. The van der Waals surface area contributed by atoms with Gasteiger partial charge in [-0.1, -0.05) is 18.9 Å². The summed E-state index contributed by atoms with van der Waals surface area (Å²) in [6.45, 7) is 0. The second kappa shape index (κ2) is 5.25. The molecule has 1 aliphatic carbocycles. The number of benzene rings is 1. The molecule has 0 radical (unpaired) electrons. The van der Waals surface area contributed by atoms with Crippen LogP contribution in [0.3, 0.4) is 0 Å². The summed E-state index contributed by atoms with van der Waals surface area (Å²) in [5.41, 5.74) is 6.53. The van der Waals surface area contributed by atoms with Crippen molar-refractivity contribution in [2.24, 2.45) is 0 Å². The van der Waals surface area contributed by atoms with E-state index in [0.717, 1.165) is 17.7 Å². The maximum absolute atomic E-state index is 12.3. The van der Waals surface area contributed by atoms with Crippen molar-refractivity contribution in [3.63, 3.8) is 0 Å². The van der Waals surface area contributed by atoms with Gasteiger partial charge in [0, 0.05) is 10.6 Å². The van der Waals surface area contributed by atoms with Crippen molar-refractivity contribution in [3.8, 4) is 0 Å². The van der Waals surface area contributed by atoms with E-state index in [4.69, 9.17) is 10.5 Å². The van der Waals surface area contributed by atoms with Crippen LogP contribution in [-0.4, -0.2) is 21.7 Å². The van der Waals surface area contributed by atoms with Crippen molar-refractivity contribution in [3.05, 3.63) is 24.3 Å². The van der Waals surface area contributed by atoms with Crippen molar-refractivity contribution in [2.45, 2.75) is 55.1 Å². The summed E-state index contributed by atoms with van der Waals surface area (Å²) in [4.78, 5) is 0.816. The molecule has 2 N–H and O–H groups in total. The van der Waals surface area contributed by atoms with Crippen LogP contribution < -0.4 is 5.73 Å². The average Bonchev–Trinajstić information content (AvgIpc) is 3.00. The molecule has 3 nitrogen and oxygen atoms in total. The Morgan fingerprint density at radius 2 is 2.11 bits per heavy atom. The van der Waals surface area contributed by atoms with E-state index in [1.807, 2.05) is 18.2 Å². The highest BCUT2D eigenvalue weighted by molar-refractivity contribution is 7.85. The fraction of sp³-hybridized carbons (Fsp3) is 0.600. The fourth-order valence-electron chi connectivity index (χ4n) is 3.32. The quantitative estimate of drug-likeness (QED) is 0.866. The maximum atomic E-state index is 12.3. The number of nitrogens with two attached hydrogens (primary N) is 1. The third-order valence-corrected chi connectivity index (χ3v) is 5.77. The molecule has 1 saturated heterocycles. The monoisotopic (exact) mass is 279 g/mol. The third kappa shape index (κ3) is 2.84. The highest BCUT2D eigenvalue weighted by Gasteiger charge is 2.42. The second-order valence-electron chi connectivity index (χ2n) is 5.75. The molecule has 3 rings (SSSR count). The predicted molar refractivity (Wildman–Crippen MR) is 77.4 cm³/mol. The number of rotatable bonds is 3. The van der Waals surface area contributed by atoms with E-state index in [1.165, 1.54) is 25.7 Å². The molecule has 2 aliphatic rings. The molecule has 19 heavy (non-hydrogen) atoms. The molecule has 1 aromatic rings. The summed E-state index contributed by atoms with van der Waals surface area (Å²) < 4.78 is 18.5. The first-order chi connectivity index (χ1) is 9.17. The van der Waals surface area contributed by atoms with Gasteiger partial charge in [-0.05, 0) is 43.9 Å². The largest absolute Gasteiger partial charge is 0.399 e. The van der Waals surface area contributed by atoms with Crippen LogP contribution in [0.5, 0.6) is 0 Å². The zero-order chi connectivity index (χ0) is 13.3. The van der Waals surface area contributed by atoms with E-state index in [0.29, 0.717) is 11.4 Å². The third-order valence-electron chi connectivity index (χ3n) is 4.31. The maximum Gasteiger partial charge on any atom is 0.0702 e. The zero-order valence-corrected chi connectivity index (χ0v) is 12.0. The average molecular weight is 279 g/mol. The Labute approximate surface area is 117 Å². The van der Waals surface area contributed by atoms with Gasteiger partial charge >= 0.3 is 0 Å². The number of anilines is 1. The first-order valence-corrected chi connectivity index (χ1v) is 8.41. The molecular weight excluding hydrogens is 258 g/mol. The van der Waals surface area contributed by atoms with Crippen LogP contribution in [0.2, 0.25) is 0 Å². The second-order valence-corrected chi connectivity index (χ2v) is 7.25. The van der Waals surface area contributed by atoms with Crippen LogP contribution in [0, 0.1) is 0 Å². The number of ether oxygens (including phenoxy) is 1. The molecule has 1 aromatic carbocycles. The Kier molecular flexibility index (Phi) is 3.63. The summed E-state index contributed by atoms with van der Waals surface area (Å²) >= 11 is 0. The Morgan fingerprint density at radius 3 is 2.84 bits per heavy atom. The van der Waals surface area contributed by atoms with Crippen LogP contribution in [-0.2, 0) is 15.5 Å². The highest BCUT2D eigenvalue weighted by atomic mass is 32.2. The minimum Gasteiger partial charge on any atom is -0.399 e. The van der Waals surface area contributed by atoms with E-state index in [-0.39, 0.29) is 11.7 Å². The van der Waals surface area contributed by atoms with Crippen LogP contribution >= 0.6 is 0 Å². The summed E-state index contributed by atoms with van der Waals surface area (Å²) in [6.07, 6.45) is 7.29. The summed E-state index contributed by atoms with van der Waals surface area (Å²) in [5, 5.41) is 0. The van der Waals surface area contributed by atoms with Gasteiger partial charge < -0.3 is 10.5 Å². The van der Waals surface area contributed by atoms with Crippen molar-refractivity contribution in [1.29, 1.82) is 0 Å². The molecule has 0 amide bonds. The van der Waals surface area contributed by atoms with Gasteiger partial charge in [0.1, 0.15) is 0 Å². The van der Waals surface area contributed by atoms with Crippen LogP contribution in [0.4, 0.5) is 5.69 Å². The van der Waals surface area contributed by atoms with Crippen LogP contribution in [0.1, 0.15) is 38.5 Å². The summed E-state index contributed by atoms with van der Waals surface area (Å²) in [5.74, 6) is 0.602. The first-order valence-electron chi connectivity index (χ1n) is 7.09. The van der Waals surface area contributed by atoms with Gasteiger partial charge in [0.05, 0.1) is 28.3 Å². The lowest BCUT2D eigenvalue weighted by molar-refractivity contribution is -0.0270. The Morgan fingerprint density at radius 1 is 1.32 bits per heavy atom. The fourth-order valence-corrected chi connectivity index (χ4v) is 4.58. The number of nitrogen functional groups attached to an aromatic ring is 1. The smallest absolute Gasteiger partial charge is 0.0702 e. The van der Waals surface area contributed by atoms with E-state index >= 15 is 0 Å². The van der Waals surface area contributed by atoms with Gasteiger partial charge in [-0.15, -0.1) is 0 Å². The first kappa shape index (κ1) is 13.1. The number of hydrogen-bond donors (Lipinski definition) is 1. The van der Waals surface area contributed by atoms with Gasteiger partial charge in [-0.3, -0.25) is 4.21 Å². The predicted octanol–water partition coefficient (Wildman–Crippen LogP) is 2.87. The Bertz CT molecular complexity index is 483. The van der Waals surface area contributed by atoms with Gasteiger partial charge in [0.25, 0.3) is 0 Å².